The summed E-state index contributed by atoms with van der Waals surface area (Å²) in [6.07, 6.45) is 0.868. The van der Waals surface area contributed by atoms with E-state index in [0.29, 0.717) is 32.5 Å². The van der Waals surface area contributed by atoms with Crippen LogP contribution in [-0.4, -0.2) is 84.7 Å². The Bertz CT molecular complexity index is 598. The second-order valence-electron chi connectivity index (χ2n) is 7.09. The van der Waals surface area contributed by atoms with Crippen molar-refractivity contribution in [1.82, 2.24) is 14.1 Å². The third-order valence-corrected chi connectivity index (χ3v) is 7.24. The maximum atomic E-state index is 12.6. The minimum atomic E-state index is -3.31. The molecule has 24 heavy (non-hydrogen) atoms. The van der Waals surface area contributed by atoms with Crippen LogP contribution in [0.25, 0.3) is 0 Å². The number of rotatable bonds is 6. The Labute approximate surface area is 143 Å². The van der Waals surface area contributed by atoms with Gasteiger partial charge in [-0.3, -0.25) is 9.69 Å². The molecule has 0 aromatic rings. The molecule has 0 aliphatic carbocycles. The first-order valence-electron chi connectivity index (χ1n) is 8.26. The molecule has 2 aliphatic heterocycles. The highest BCUT2D eigenvalue weighted by molar-refractivity contribution is 7.90. The van der Waals surface area contributed by atoms with Gasteiger partial charge in [0.15, 0.2) is 0 Å². The number of hydrogen-bond donors (Lipinski definition) is 1. The van der Waals surface area contributed by atoms with Crippen molar-refractivity contribution in [2.45, 2.75) is 38.1 Å². The number of sulfonamides is 1. The Balaban J connectivity index is 1.96. The van der Waals surface area contributed by atoms with Crippen molar-refractivity contribution in [2.75, 3.05) is 33.7 Å². The lowest BCUT2D eigenvalue weighted by Gasteiger charge is -2.35. The van der Waals surface area contributed by atoms with E-state index in [1.807, 2.05) is 0 Å². The average molecular weight is 361 g/mol. The van der Waals surface area contributed by atoms with Crippen molar-refractivity contribution >= 4 is 21.9 Å². The van der Waals surface area contributed by atoms with Crippen LogP contribution in [0.5, 0.6) is 0 Å². The number of carboxylic acids is 1. The molecule has 0 aromatic heterocycles. The van der Waals surface area contributed by atoms with E-state index in [4.69, 9.17) is 0 Å². The quantitative estimate of drug-likeness (QED) is 0.662. The molecule has 0 bridgehead atoms. The molecule has 0 spiro atoms. The summed E-state index contributed by atoms with van der Waals surface area (Å²) >= 11 is 0. The molecule has 138 valence electrons. The Morgan fingerprint density at radius 2 is 1.71 bits per heavy atom. The number of carbonyl (C=O) groups excluding carboxylic acids is 1. The summed E-state index contributed by atoms with van der Waals surface area (Å²) in [6.45, 7) is 4.72. The monoisotopic (exact) mass is 361 g/mol. The predicted octanol–water partition coefficient (Wildman–Crippen LogP) is -0.133. The highest BCUT2D eigenvalue weighted by Crippen LogP contribution is 2.29. The lowest BCUT2D eigenvalue weighted by molar-refractivity contribution is -0.153. The molecule has 2 heterocycles. The number of nitrogens with zero attached hydrogens (tertiary/aromatic N) is 3. The third-order valence-electron chi connectivity index (χ3n) is 4.96. The van der Waals surface area contributed by atoms with Gasteiger partial charge in [-0.05, 0) is 25.8 Å². The SMILES string of the molecule is CC(C)C(C(=O)O)N(C)C(=O)C1CCN(S(=O)(=O)C2CN2C)CC1. The van der Waals surface area contributed by atoms with Gasteiger partial charge in [0.1, 0.15) is 11.4 Å². The Morgan fingerprint density at radius 1 is 1.21 bits per heavy atom. The summed E-state index contributed by atoms with van der Waals surface area (Å²) in [5, 5.41) is 8.89. The van der Waals surface area contributed by atoms with Crippen LogP contribution >= 0.6 is 0 Å². The van der Waals surface area contributed by atoms with Gasteiger partial charge >= 0.3 is 5.97 Å². The van der Waals surface area contributed by atoms with E-state index in [1.54, 1.807) is 25.8 Å². The zero-order valence-electron chi connectivity index (χ0n) is 14.7. The molecule has 3 unspecified atom stereocenters. The molecule has 1 N–H and O–H groups in total. The van der Waals surface area contributed by atoms with Crippen molar-refractivity contribution < 1.29 is 23.1 Å². The summed E-state index contributed by atoms with van der Waals surface area (Å²) in [7, 11) is -0.0239. The molecule has 8 nitrogen and oxygen atoms in total. The maximum absolute atomic E-state index is 12.6. The molecule has 2 aliphatic rings. The van der Waals surface area contributed by atoms with Gasteiger partial charge in [0.25, 0.3) is 0 Å². The van der Waals surface area contributed by atoms with Gasteiger partial charge in [0.2, 0.25) is 15.9 Å². The number of piperidine rings is 1. The minimum Gasteiger partial charge on any atom is -0.480 e. The summed E-state index contributed by atoms with van der Waals surface area (Å²) in [4.78, 5) is 27.0. The third kappa shape index (κ3) is 3.73. The molecule has 0 saturated carbocycles. The van der Waals surface area contributed by atoms with Crippen LogP contribution in [0, 0.1) is 11.8 Å². The fourth-order valence-electron chi connectivity index (χ4n) is 3.37. The topological polar surface area (TPSA) is 98.0 Å². The van der Waals surface area contributed by atoms with Crippen LogP contribution in [-0.2, 0) is 19.6 Å². The largest absolute Gasteiger partial charge is 0.480 e. The summed E-state index contributed by atoms with van der Waals surface area (Å²) < 4.78 is 26.2. The molecular formula is C15H27N3O5S. The van der Waals surface area contributed by atoms with Crippen molar-refractivity contribution in [1.29, 1.82) is 0 Å². The standard InChI is InChI=1S/C15H27N3O5S/c1-10(2)13(15(20)21)17(4)14(19)11-5-7-18(8-6-11)24(22,23)12-9-16(12)3/h10-13H,5-9H2,1-4H3,(H,20,21). The first-order chi connectivity index (χ1) is 11.1. The molecule has 9 heteroatoms. The maximum Gasteiger partial charge on any atom is 0.326 e. The van der Waals surface area contributed by atoms with E-state index in [-0.39, 0.29) is 17.7 Å². The normalized spacial score (nSPS) is 27.0. The molecule has 3 atom stereocenters. The van der Waals surface area contributed by atoms with E-state index < -0.39 is 27.4 Å². The first-order valence-corrected chi connectivity index (χ1v) is 9.76. The second kappa shape index (κ2) is 6.97. The van der Waals surface area contributed by atoms with Gasteiger partial charge in [-0.15, -0.1) is 0 Å². The van der Waals surface area contributed by atoms with Crippen molar-refractivity contribution in [3.63, 3.8) is 0 Å². The van der Waals surface area contributed by atoms with Crippen LogP contribution in [0.15, 0.2) is 0 Å². The lowest BCUT2D eigenvalue weighted by atomic mass is 9.94. The van der Waals surface area contributed by atoms with E-state index >= 15 is 0 Å². The number of hydrogen-bond acceptors (Lipinski definition) is 5. The minimum absolute atomic E-state index is 0.192. The summed E-state index contributed by atoms with van der Waals surface area (Å²) in [5.74, 6) is -1.74. The van der Waals surface area contributed by atoms with Gasteiger partial charge < -0.3 is 10.0 Å². The zero-order valence-corrected chi connectivity index (χ0v) is 15.5. The van der Waals surface area contributed by atoms with Gasteiger partial charge in [-0.1, -0.05) is 13.8 Å². The van der Waals surface area contributed by atoms with Gasteiger partial charge in [0.05, 0.1) is 0 Å². The van der Waals surface area contributed by atoms with Crippen LogP contribution in [0.4, 0.5) is 0 Å². The average Bonchev–Trinajstić information content (AvgIpc) is 3.23. The van der Waals surface area contributed by atoms with Gasteiger partial charge in [-0.2, -0.15) is 0 Å². The van der Waals surface area contributed by atoms with Crippen molar-refractivity contribution in [2.24, 2.45) is 11.8 Å². The molecule has 2 fully saturated rings. The Kier molecular flexibility index (Phi) is 5.56. The number of carboxylic acid groups (broad SMARTS) is 1. The van der Waals surface area contributed by atoms with Crippen LogP contribution in [0.2, 0.25) is 0 Å². The van der Waals surface area contributed by atoms with Gasteiger partial charge in [0, 0.05) is 32.6 Å². The molecule has 2 saturated heterocycles. The van der Waals surface area contributed by atoms with Crippen LogP contribution < -0.4 is 0 Å². The zero-order chi connectivity index (χ0) is 18.2. The number of carbonyl (C=O) groups is 2. The van der Waals surface area contributed by atoms with E-state index in [9.17, 15) is 23.1 Å². The van der Waals surface area contributed by atoms with E-state index in [1.165, 1.54) is 16.3 Å². The van der Waals surface area contributed by atoms with Crippen molar-refractivity contribution in [3.8, 4) is 0 Å². The van der Waals surface area contributed by atoms with Crippen LogP contribution in [0.3, 0.4) is 0 Å². The predicted molar refractivity (Wildman–Crippen MR) is 88.7 cm³/mol. The number of likely N-dealkylation sites (N-methyl/N-ethyl adjacent to an activating group) is 2. The molecule has 0 radical (unpaired) electrons. The highest BCUT2D eigenvalue weighted by atomic mass is 32.2. The Hall–Kier alpha value is -1.19. The first kappa shape index (κ1) is 19.1. The van der Waals surface area contributed by atoms with E-state index in [0.717, 1.165) is 0 Å². The smallest absolute Gasteiger partial charge is 0.326 e. The number of aliphatic carboxylic acids is 1. The summed E-state index contributed by atoms with van der Waals surface area (Å²) in [6, 6.07) is -0.862. The lowest BCUT2D eigenvalue weighted by Crippen LogP contribution is -2.50. The molecule has 0 aromatic carbocycles. The van der Waals surface area contributed by atoms with Crippen molar-refractivity contribution in [3.05, 3.63) is 0 Å². The molecule has 2 rings (SSSR count). The Morgan fingerprint density at radius 3 is 2.08 bits per heavy atom. The number of amides is 1. The second-order valence-corrected chi connectivity index (χ2v) is 9.18. The molecule has 1 amide bonds. The van der Waals surface area contributed by atoms with Crippen LogP contribution in [0.1, 0.15) is 26.7 Å². The van der Waals surface area contributed by atoms with E-state index in [2.05, 4.69) is 0 Å². The fourth-order valence-corrected chi connectivity index (χ4v) is 5.32. The van der Waals surface area contributed by atoms with Gasteiger partial charge in [-0.25, -0.2) is 17.5 Å². The molecular weight excluding hydrogens is 334 g/mol. The highest BCUT2D eigenvalue weighted by Gasteiger charge is 2.46. The fraction of sp³-hybridized carbons (Fsp3) is 0.867. The summed E-state index contributed by atoms with van der Waals surface area (Å²) in [5.41, 5.74) is 0.